The lowest BCUT2D eigenvalue weighted by Crippen LogP contribution is -2.12. The topological polar surface area (TPSA) is 59.5 Å². The predicted molar refractivity (Wildman–Crippen MR) is 123 cm³/mol. The number of pyridine rings is 1. The summed E-state index contributed by atoms with van der Waals surface area (Å²) in [4.78, 5) is 4.83. The molecular weight excluding hydrogens is 386 g/mol. The first-order chi connectivity index (χ1) is 15.3. The molecule has 0 spiro atoms. The van der Waals surface area contributed by atoms with Crippen LogP contribution in [0.4, 0.5) is 0 Å². The summed E-state index contributed by atoms with van der Waals surface area (Å²) in [6.07, 6.45) is 8.29. The number of hydrogen-bond donors (Lipinski definition) is 0. The minimum atomic E-state index is 0.699. The summed E-state index contributed by atoms with van der Waals surface area (Å²) < 4.78 is 13.2. The quantitative estimate of drug-likeness (QED) is 0.451. The fourth-order valence-corrected chi connectivity index (χ4v) is 4.68. The molecule has 0 amide bonds. The Kier molecular flexibility index (Phi) is 4.83. The van der Waals surface area contributed by atoms with E-state index in [1.807, 2.05) is 36.4 Å². The van der Waals surface area contributed by atoms with Gasteiger partial charge >= 0.3 is 0 Å². The number of methoxy groups -OCH3 is 2. The molecule has 2 aromatic heterocycles. The molecule has 5 heteroatoms. The number of nitriles is 1. The second kappa shape index (κ2) is 7.81. The highest BCUT2D eigenvalue weighted by atomic mass is 16.5. The third-order valence-corrected chi connectivity index (χ3v) is 6.07. The third-order valence-electron chi connectivity index (χ3n) is 6.07. The summed E-state index contributed by atoms with van der Waals surface area (Å²) in [7, 11) is 3.30. The number of hydrogen-bond acceptors (Lipinski definition) is 4. The zero-order chi connectivity index (χ0) is 21.4. The van der Waals surface area contributed by atoms with Gasteiger partial charge < -0.3 is 9.47 Å². The first-order valence-electron chi connectivity index (χ1n) is 10.5. The highest BCUT2D eigenvalue weighted by molar-refractivity contribution is 5.87. The van der Waals surface area contributed by atoms with Crippen LogP contribution in [0.15, 0.2) is 42.5 Å². The molecule has 5 rings (SSSR count). The minimum absolute atomic E-state index is 0.699. The summed E-state index contributed by atoms with van der Waals surface area (Å²) in [5.41, 5.74) is 7.78. The van der Waals surface area contributed by atoms with Crippen LogP contribution in [-0.4, -0.2) is 23.6 Å². The predicted octanol–water partition coefficient (Wildman–Crippen LogP) is 5.43. The van der Waals surface area contributed by atoms with Crippen LogP contribution in [0.2, 0.25) is 0 Å². The molecule has 31 heavy (non-hydrogen) atoms. The molecule has 0 saturated heterocycles. The van der Waals surface area contributed by atoms with Gasteiger partial charge in [0.1, 0.15) is 6.07 Å². The van der Waals surface area contributed by atoms with Crippen LogP contribution in [0.25, 0.3) is 28.8 Å². The fourth-order valence-electron chi connectivity index (χ4n) is 4.68. The maximum absolute atomic E-state index is 9.99. The number of aromatic nitrogens is 2. The molecule has 0 atom stereocenters. The number of para-hydroxylation sites is 3. The summed E-state index contributed by atoms with van der Waals surface area (Å²) in [6, 6.07) is 16.4. The highest BCUT2D eigenvalue weighted by Crippen LogP contribution is 2.35. The van der Waals surface area contributed by atoms with Gasteiger partial charge in [-0.05, 0) is 67.2 Å². The molecule has 0 unspecified atom stereocenters. The summed E-state index contributed by atoms with van der Waals surface area (Å²) in [5, 5.41) is 9.99. The Morgan fingerprint density at radius 2 is 1.77 bits per heavy atom. The van der Waals surface area contributed by atoms with Gasteiger partial charge in [-0.15, -0.1) is 0 Å². The minimum Gasteiger partial charge on any atom is -0.493 e. The Labute approximate surface area is 181 Å². The van der Waals surface area contributed by atoms with Crippen molar-refractivity contribution in [2.75, 3.05) is 14.2 Å². The van der Waals surface area contributed by atoms with Crippen molar-refractivity contribution in [3.63, 3.8) is 0 Å². The molecule has 1 aliphatic carbocycles. The second-order valence-corrected chi connectivity index (χ2v) is 7.71. The fraction of sp³-hybridized carbons (Fsp3) is 0.231. The van der Waals surface area contributed by atoms with Gasteiger partial charge in [0.15, 0.2) is 17.1 Å². The standard InChI is InChI=1S/C26H23N3O2/c1-30-24-13-7-8-17(25(24)31-2)14-15-22-19-10-4-3-9-18(19)20(16-27)26-28-21-11-5-6-12-23(21)29(22)26/h5-8,11-15H,3-4,9-10H2,1-2H3. The number of ether oxygens (including phenoxy) is 2. The van der Waals surface area contributed by atoms with Gasteiger partial charge in [0, 0.05) is 5.56 Å². The molecular formula is C26H23N3O2. The van der Waals surface area contributed by atoms with Crippen LogP contribution in [0, 0.1) is 11.3 Å². The molecule has 2 aromatic carbocycles. The maximum Gasteiger partial charge on any atom is 0.167 e. The van der Waals surface area contributed by atoms with E-state index in [9.17, 15) is 5.26 Å². The van der Waals surface area contributed by atoms with E-state index in [-0.39, 0.29) is 0 Å². The van der Waals surface area contributed by atoms with E-state index in [1.165, 1.54) is 5.56 Å². The average Bonchev–Trinajstić information content (AvgIpc) is 3.20. The molecule has 0 aliphatic heterocycles. The molecule has 5 nitrogen and oxygen atoms in total. The monoisotopic (exact) mass is 409 g/mol. The summed E-state index contributed by atoms with van der Waals surface area (Å²) in [5.74, 6) is 1.40. The molecule has 0 bridgehead atoms. The van der Waals surface area contributed by atoms with E-state index in [0.29, 0.717) is 17.1 Å². The third kappa shape index (κ3) is 3.03. The number of benzene rings is 2. The van der Waals surface area contributed by atoms with Crippen LogP contribution >= 0.6 is 0 Å². The van der Waals surface area contributed by atoms with Crippen molar-refractivity contribution < 1.29 is 9.47 Å². The van der Waals surface area contributed by atoms with Crippen LogP contribution in [0.3, 0.4) is 0 Å². The van der Waals surface area contributed by atoms with Gasteiger partial charge in [-0.2, -0.15) is 5.26 Å². The Balaban J connectivity index is 1.81. The lowest BCUT2D eigenvalue weighted by molar-refractivity contribution is 0.354. The van der Waals surface area contributed by atoms with Crippen LogP contribution in [0.1, 0.15) is 40.8 Å². The Bertz CT molecular complexity index is 1380. The number of nitrogens with zero attached hydrogens (tertiary/aromatic N) is 3. The van der Waals surface area contributed by atoms with Crippen molar-refractivity contribution in [2.45, 2.75) is 25.7 Å². The zero-order valence-corrected chi connectivity index (χ0v) is 17.7. The smallest absolute Gasteiger partial charge is 0.167 e. The van der Waals surface area contributed by atoms with Gasteiger partial charge in [-0.25, -0.2) is 4.98 Å². The second-order valence-electron chi connectivity index (χ2n) is 7.71. The summed E-state index contributed by atoms with van der Waals surface area (Å²) >= 11 is 0. The largest absolute Gasteiger partial charge is 0.493 e. The van der Waals surface area contributed by atoms with Gasteiger partial charge in [0.25, 0.3) is 0 Å². The number of imidazole rings is 1. The van der Waals surface area contributed by atoms with Crippen LogP contribution < -0.4 is 9.47 Å². The lowest BCUT2D eigenvalue weighted by Gasteiger charge is -2.21. The van der Waals surface area contributed by atoms with Crippen LogP contribution in [-0.2, 0) is 12.8 Å². The van der Waals surface area contributed by atoms with E-state index in [1.54, 1.807) is 14.2 Å². The highest BCUT2D eigenvalue weighted by Gasteiger charge is 2.23. The lowest BCUT2D eigenvalue weighted by atomic mass is 9.87. The van der Waals surface area contributed by atoms with E-state index in [2.05, 4.69) is 28.7 Å². The molecule has 0 radical (unpaired) electrons. The Morgan fingerprint density at radius 3 is 2.55 bits per heavy atom. The van der Waals surface area contributed by atoms with Crippen molar-refractivity contribution >= 4 is 28.8 Å². The van der Waals surface area contributed by atoms with Crippen molar-refractivity contribution in [1.29, 1.82) is 5.26 Å². The molecule has 0 N–H and O–H groups in total. The summed E-state index contributed by atoms with van der Waals surface area (Å²) in [6.45, 7) is 0. The Hall–Kier alpha value is -3.78. The van der Waals surface area contributed by atoms with E-state index in [4.69, 9.17) is 14.5 Å². The average molecular weight is 409 g/mol. The van der Waals surface area contributed by atoms with Crippen molar-refractivity contribution in [3.8, 4) is 17.6 Å². The van der Waals surface area contributed by atoms with Crippen LogP contribution in [0.5, 0.6) is 11.5 Å². The molecule has 4 aromatic rings. The van der Waals surface area contributed by atoms with Gasteiger partial charge in [-0.1, -0.05) is 24.3 Å². The number of rotatable bonds is 4. The van der Waals surface area contributed by atoms with Gasteiger partial charge in [0.2, 0.25) is 0 Å². The maximum atomic E-state index is 9.99. The van der Waals surface area contributed by atoms with Crippen molar-refractivity contribution in [1.82, 2.24) is 9.38 Å². The SMILES string of the molecule is COc1cccc(C=Cc2c3c(c(C#N)c4nc5ccccc5n24)CCCC3)c1OC. The van der Waals surface area contributed by atoms with Gasteiger partial charge in [0.05, 0.1) is 36.5 Å². The van der Waals surface area contributed by atoms with E-state index < -0.39 is 0 Å². The van der Waals surface area contributed by atoms with E-state index in [0.717, 1.165) is 59.2 Å². The molecule has 2 heterocycles. The molecule has 1 aliphatic rings. The number of fused-ring (bicyclic) bond motifs is 4. The van der Waals surface area contributed by atoms with Crippen molar-refractivity contribution in [3.05, 3.63) is 70.4 Å². The zero-order valence-electron chi connectivity index (χ0n) is 17.7. The van der Waals surface area contributed by atoms with Gasteiger partial charge in [-0.3, -0.25) is 4.40 Å². The first kappa shape index (κ1) is 19.2. The Morgan fingerprint density at radius 1 is 0.968 bits per heavy atom. The first-order valence-corrected chi connectivity index (χ1v) is 10.5. The van der Waals surface area contributed by atoms with Crippen molar-refractivity contribution in [2.24, 2.45) is 0 Å². The normalized spacial score (nSPS) is 13.5. The molecule has 0 fully saturated rings. The molecule has 0 saturated carbocycles. The van der Waals surface area contributed by atoms with E-state index >= 15 is 0 Å². The molecule has 154 valence electrons.